The molecule has 2 atom stereocenters. The highest BCUT2D eigenvalue weighted by molar-refractivity contribution is 6.31. The molecule has 0 bridgehead atoms. The maximum atomic E-state index is 12.0. The fourth-order valence-electron chi connectivity index (χ4n) is 2.35. The van der Waals surface area contributed by atoms with Crippen LogP contribution < -0.4 is 5.32 Å². The van der Waals surface area contributed by atoms with Crippen LogP contribution in [0.2, 0.25) is 5.02 Å². The second-order valence-electron chi connectivity index (χ2n) is 6.53. The fourth-order valence-corrected chi connectivity index (χ4v) is 2.55. The van der Waals surface area contributed by atoms with Gasteiger partial charge < -0.3 is 20.1 Å². The number of amides is 1. The van der Waals surface area contributed by atoms with Gasteiger partial charge in [-0.3, -0.25) is 0 Å². The molecular weight excluding hydrogens is 304 g/mol. The highest BCUT2D eigenvalue weighted by Gasteiger charge is 2.35. The van der Waals surface area contributed by atoms with Gasteiger partial charge >= 0.3 is 6.09 Å². The predicted molar refractivity (Wildman–Crippen MR) is 85.9 cm³/mol. The number of β-amino-alcohol motifs (C(OH)–C–C–N with tert-alkyl or cyclic N) is 1. The quantitative estimate of drug-likeness (QED) is 0.895. The molecule has 1 heterocycles. The standard InChI is InChI=1S/C16H23ClN2O3/c1-16(2,3)22-15(21)19-9-13(14(20)10-19)18-8-11-6-4-5-7-12(11)17/h4-7,13-14,18,20H,8-10H2,1-3H3/t13-,14-/m1/s1. The Labute approximate surface area is 136 Å². The van der Waals surface area contributed by atoms with Gasteiger partial charge in [0.25, 0.3) is 0 Å². The van der Waals surface area contributed by atoms with Crippen molar-refractivity contribution in [3.63, 3.8) is 0 Å². The lowest BCUT2D eigenvalue weighted by Crippen LogP contribution is -2.39. The molecule has 122 valence electrons. The Kier molecular flexibility index (Phi) is 5.32. The molecular formula is C16H23ClN2O3. The number of aliphatic hydroxyl groups is 1. The molecule has 0 unspecified atom stereocenters. The van der Waals surface area contributed by atoms with Crippen molar-refractivity contribution in [2.75, 3.05) is 13.1 Å². The molecule has 1 saturated heterocycles. The summed E-state index contributed by atoms with van der Waals surface area (Å²) in [4.78, 5) is 13.6. The van der Waals surface area contributed by atoms with E-state index >= 15 is 0 Å². The number of carbonyl (C=O) groups excluding carboxylic acids is 1. The van der Waals surface area contributed by atoms with Crippen LogP contribution in [-0.2, 0) is 11.3 Å². The number of carbonyl (C=O) groups is 1. The molecule has 2 N–H and O–H groups in total. The summed E-state index contributed by atoms with van der Waals surface area (Å²) in [7, 11) is 0. The molecule has 1 aromatic rings. The number of hydrogen-bond donors (Lipinski definition) is 2. The molecule has 0 saturated carbocycles. The van der Waals surface area contributed by atoms with Crippen molar-refractivity contribution in [3.05, 3.63) is 34.9 Å². The Hall–Kier alpha value is -1.30. The fraction of sp³-hybridized carbons (Fsp3) is 0.562. The molecule has 0 spiro atoms. The Balaban J connectivity index is 1.89. The van der Waals surface area contributed by atoms with Gasteiger partial charge in [-0.15, -0.1) is 0 Å². The van der Waals surface area contributed by atoms with Crippen molar-refractivity contribution in [2.45, 2.75) is 45.1 Å². The van der Waals surface area contributed by atoms with Crippen LogP contribution in [0.25, 0.3) is 0 Å². The van der Waals surface area contributed by atoms with Crippen molar-refractivity contribution >= 4 is 17.7 Å². The lowest BCUT2D eigenvalue weighted by atomic mass is 10.2. The lowest BCUT2D eigenvalue weighted by molar-refractivity contribution is 0.0270. The second-order valence-corrected chi connectivity index (χ2v) is 6.94. The van der Waals surface area contributed by atoms with Crippen molar-refractivity contribution in [2.24, 2.45) is 0 Å². The third-order valence-electron chi connectivity index (χ3n) is 3.45. The van der Waals surface area contributed by atoms with E-state index in [0.717, 1.165) is 5.56 Å². The average Bonchev–Trinajstić information content (AvgIpc) is 2.78. The van der Waals surface area contributed by atoms with Crippen LogP contribution in [0.5, 0.6) is 0 Å². The Bertz CT molecular complexity index is 530. The van der Waals surface area contributed by atoms with Crippen LogP contribution in [-0.4, -0.2) is 46.9 Å². The molecule has 0 aromatic heterocycles. The van der Waals surface area contributed by atoms with Crippen LogP contribution in [0, 0.1) is 0 Å². The maximum Gasteiger partial charge on any atom is 0.410 e. The van der Waals surface area contributed by atoms with Crippen molar-refractivity contribution < 1.29 is 14.6 Å². The zero-order valence-corrected chi connectivity index (χ0v) is 13.9. The van der Waals surface area contributed by atoms with E-state index in [4.69, 9.17) is 16.3 Å². The number of nitrogens with zero attached hydrogens (tertiary/aromatic N) is 1. The number of aliphatic hydroxyl groups excluding tert-OH is 1. The molecule has 2 rings (SSSR count). The summed E-state index contributed by atoms with van der Waals surface area (Å²) in [5.41, 5.74) is 0.428. The SMILES string of the molecule is CC(C)(C)OC(=O)N1C[C@@H](O)[C@H](NCc2ccccc2Cl)C1. The minimum Gasteiger partial charge on any atom is -0.444 e. The summed E-state index contributed by atoms with van der Waals surface area (Å²) in [6, 6.07) is 7.37. The Morgan fingerprint density at radius 2 is 2.09 bits per heavy atom. The van der Waals surface area contributed by atoms with Crippen molar-refractivity contribution in [1.82, 2.24) is 10.2 Å². The zero-order chi connectivity index (χ0) is 16.3. The van der Waals surface area contributed by atoms with E-state index in [2.05, 4.69) is 5.32 Å². The summed E-state index contributed by atoms with van der Waals surface area (Å²) < 4.78 is 5.33. The van der Waals surface area contributed by atoms with Gasteiger partial charge in [0.05, 0.1) is 18.7 Å². The van der Waals surface area contributed by atoms with Gasteiger partial charge in [-0.1, -0.05) is 29.8 Å². The lowest BCUT2D eigenvalue weighted by Gasteiger charge is -2.24. The van der Waals surface area contributed by atoms with E-state index < -0.39 is 17.8 Å². The first-order valence-corrected chi connectivity index (χ1v) is 7.77. The van der Waals surface area contributed by atoms with Crippen LogP contribution in [0.4, 0.5) is 4.79 Å². The Morgan fingerprint density at radius 1 is 1.41 bits per heavy atom. The number of ether oxygens (including phenoxy) is 1. The molecule has 0 radical (unpaired) electrons. The van der Waals surface area contributed by atoms with Crippen LogP contribution in [0.3, 0.4) is 0 Å². The maximum absolute atomic E-state index is 12.0. The third kappa shape index (κ3) is 4.60. The first-order chi connectivity index (χ1) is 10.3. The smallest absolute Gasteiger partial charge is 0.410 e. The highest BCUT2D eigenvalue weighted by atomic mass is 35.5. The van der Waals surface area contributed by atoms with Crippen LogP contribution in [0.1, 0.15) is 26.3 Å². The Morgan fingerprint density at radius 3 is 2.73 bits per heavy atom. The van der Waals surface area contributed by atoms with E-state index in [1.165, 1.54) is 4.90 Å². The largest absolute Gasteiger partial charge is 0.444 e. The number of nitrogens with one attached hydrogen (secondary N) is 1. The predicted octanol–water partition coefficient (Wildman–Crippen LogP) is 2.41. The monoisotopic (exact) mass is 326 g/mol. The molecule has 1 fully saturated rings. The first kappa shape index (κ1) is 17.1. The first-order valence-electron chi connectivity index (χ1n) is 7.39. The molecule has 1 amide bonds. The summed E-state index contributed by atoms with van der Waals surface area (Å²) in [6.07, 6.45) is -1.01. The van der Waals surface area contributed by atoms with Gasteiger partial charge in [-0.05, 0) is 32.4 Å². The number of likely N-dealkylation sites (tertiary alicyclic amines) is 1. The number of hydrogen-bond acceptors (Lipinski definition) is 4. The summed E-state index contributed by atoms with van der Waals surface area (Å²) in [6.45, 7) is 6.71. The molecule has 1 aliphatic heterocycles. The number of benzene rings is 1. The van der Waals surface area contributed by atoms with Crippen LogP contribution >= 0.6 is 11.6 Å². The van der Waals surface area contributed by atoms with E-state index in [1.54, 1.807) is 0 Å². The van der Waals surface area contributed by atoms with Gasteiger partial charge in [0.2, 0.25) is 0 Å². The number of rotatable bonds is 3. The van der Waals surface area contributed by atoms with Crippen molar-refractivity contribution in [1.29, 1.82) is 0 Å². The van der Waals surface area contributed by atoms with E-state index in [0.29, 0.717) is 18.1 Å². The molecule has 1 aromatic carbocycles. The van der Waals surface area contributed by atoms with Gasteiger partial charge in [-0.2, -0.15) is 0 Å². The van der Waals surface area contributed by atoms with Gasteiger partial charge in [0.15, 0.2) is 0 Å². The highest BCUT2D eigenvalue weighted by Crippen LogP contribution is 2.18. The minimum absolute atomic E-state index is 0.191. The summed E-state index contributed by atoms with van der Waals surface area (Å²) in [5.74, 6) is 0. The molecule has 5 nitrogen and oxygen atoms in total. The van der Waals surface area contributed by atoms with E-state index in [9.17, 15) is 9.90 Å². The van der Waals surface area contributed by atoms with Crippen LogP contribution in [0.15, 0.2) is 24.3 Å². The molecule has 0 aliphatic carbocycles. The topological polar surface area (TPSA) is 61.8 Å². The summed E-state index contributed by atoms with van der Waals surface area (Å²) in [5, 5.41) is 14.0. The molecule has 22 heavy (non-hydrogen) atoms. The zero-order valence-electron chi connectivity index (χ0n) is 13.2. The van der Waals surface area contributed by atoms with E-state index in [1.807, 2.05) is 45.0 Å². The van der Waals surface area contributed by atoms with Gasteiger partial charge in [0, 0.05) is 18.1 Å². The average molecular weight is 327 g/mol. The van der Waals surface area contributed by atoms with E-state index in [-0.39, 0.29) is 12.6 Å². The van der Waals surface area contributed by atoms with Crippen molar-refractivity contribution in [3.8, 4) is 0 Å². The molecule has 6 heteroatoms. The minimum atomic E-state index is -0.616. The molecule has 1 aliphatic rings. The second kappa shape index (κ2) is 6.86. The van der Waals surface area contributed by atoms with Gasteiger partial charge in [-0.25, -0.2) is 4.79 Å². The van der Waals surface area contributed by atoms with Gasteiger partial charge in [0.1, 0.15) is 5.60 Å². The summed E-state index contributed by atoms with van der Waals surface area (Å²) >= 11 is 6.11. The number of halogens is 1. The third-order valence-corrected chi connectivity index (χ3v) is 3.82. The normalized spacial score (nSPS) is 22.0.